The van der Waals surface area contributed by atoms with E-state index in [1.54, 1.807) is 55.5 Å². The summed E-state index contributed by atoms with van der Waals surface area (Å²) in [7, 11) is 1.51. The minimum absolute atomic E-state index is 0.0847. The molecule has 1 unspecified atom stereocenters. The zero-order valence-corrected chi connectivity index (χ0v) is 17.5. The summed E-state index contributed by atoms with van der Waals surface area (Å²) in [6, 6.07) is 13.3. The van der Waals surface area contributed by atoms with Crippen LogP contribution in [0.3, 0.4) is 0 Å². The lowest BCUT2D eigenvalue weighted by molar-refractivity contribution is -0.128. The molecule has 2 aromatic rings. The third-order valence-corrected chi connectivity index (χ3v) is 4.07. The molecule has 0 saturated carbocycles. The van der Waals surface area contributed by atoms with E-state index >= 15 is 0 Å². The van der Waals surface area contributed by atoms with Gasteiger partial charge in [-0.05, 0) is 49.2 Å². The van der Waals surface area contributed by atoms with Crippen molar-refractivity contribution in [2.45, 2.75) is 33.3 Å². The second-order valence-corrected chi connectivity index (χ2v) is 7.08. The van der Waals surface area contributed by atoms with Crippen LogP contribution in [0.1, 0.15) is 37.6 Å². The molecule has 0 radical (unpaired) electrons. The van der Waals surface area contributed by atoms with E-state index in [2.05, 4.69) is 16.2 Å². The van der Waals surface area contributed by atoms with E-state index in [0.29, 0.717) is 29.2 Å². The maximum atomic E-state index is 12.2. The Morgan fingerprint density at radius 1 is 0.900 bits per heavy atom. The van der Waals surface area contributed by atoms with Gasteiger partial charge in [-0.25, -0.2) is 0 Å². The van der Waals surface area contributed by atoms with E-state index in [9.17, 15) is 14.4 Å². The van der Waals surface area contributed by atoms with Crippen LogP contribution < -0.4 is 25.6 Å². The number of para-hydroxylation sites is 2. The van der Waals surface area contributed by atoms with Gasteiger partial charge in [0, 0.05) is 17.7 Å². The number of benzene rings is 2. The number of methoxy groups -OCH3 is 1. The molecule has 0 fully saturated rings. The SMILES string of the molecule is COc1ccccc1OC(C)C(=O)NNC(=O)c1ccc(NC(=O)CC(C)C)cc1. The quantitative estimate of drug-likeness (QED) is 0.577. The van der Waals surface area contributed by atoms with Crippen molar-refractivity contribution in [3.05, 3.63) is 54.1 Å². The van der Waals surface area contributed by atoms with Crippen molar-refractivity contribution < 1.29 is 23.9 Å². The van der Waals surface area contributed by atoms with E-state index in [4.69, 9.17) is 9.47 Å². The zero-order chi connectivity index (χ0) is 22.1. The Balaban J connectivity index is 1.85. The van der Waals surface area contributed by atoms with Crippen molar-refractivity contribution >= 4 is 23.4 Å². The minimum atomic E-state index is -0.861. The first kappa shape index (κ1) is 22.7. The molecule has 0 aromatic heterocycles. The Morgan fingerprint density at radius 2 is 1.53 bits per heavy atom. The smallest absolute Gasteiger partial charge is 0.279 e. The Labute approximate surface area is 175 Å². The number of carbonyl (C=O) groups is 3. The van der Waals surface area contributed by atoms with E-state index < -0.39 is 17.9 Å². The lowest BCUT2D eigenvalue weighted by atomic mass is 10.1. The van der Waals surface area contributed by atoms with Crippen molar-refractivity contribution in [2.24, 2.45) is 5.92 Å². The molecule has 0 bridgehead atoms. The maximum absolute atomic E-state index is 12.2. The largest absolute Gasteiger partial charge is 0.493 e. The molecule has 0 aliphatic rings. The molecule has 160 valence electrons. The van der Waals surface area contributed by atoms with Gasteiger partial charge in [0.1, 0.15) is 0 Å². The molecule has 3 N–H and O–H groups in total. The summed E-state index contributed by atoms with van der Waals surface area (Å²) in [6.45, 7) is 5.48. The van der Waals surface area contributed by atoms with Gasteiger partial charge in [-0.2, -0.15) is 0 Å². The van der Waals surface area contributed by atoms with E-state index in [1.165, 1.54) is 7.11 Å². The van der Waals surface area contributed by atoms with Gasteiger partial charge in [0.25, 0.3) is 11.8 Å². The molecule has 0 saturated heterocycles. The van der Waals surface area contributed by atoms with Crippen LogP contribution in [0.5, 0.6) is 11.5 Å². The zero-order valence-electron chi connectivity index (χ0n) is 17.5. The molecule has 8 nitrogen and oxygen atoms in total. The van der Waals surface area contributed by atoms with Gasteiger partial charge in [-0.3, -0.25) is 25.2 Å². The summed E-state index contributed by atoms with van der Waals surface area (Å²) in [6.07, 6.45) is -0.441. The summed E-state index contributed by atoms with van der Waals surface area (Å²) in [5.41, 5.74) is 5.60. The first-order chi connectivity index (χ1) is 14.3. The number of carbonyl (C=O) groups excluding carboxylic acids is 3. The summed E-state index contributed by atoms with van der Waals surface area (Å²) in [5.74, 6) is 0.0806. The summed E-state index contributed by atoms with van der Waals surface area (Å²) >= 11 is 0. The molecule has 2 aromatic carbocycles. The molecule has 2 rings (SSSR count). The average Bonchev–Trinajstić information content (AvgIpc) is 2.72. The van der Waals surface area contributed by atoms with Gasteiger partial charge in [-0.15, -0.1) is 0 Å². The number of hydrogen-bond donors (Lipinski definition) is 3. The lowest BCUT2D eigenvalue weighted by Crippen LogP contribution is -2.47. The fraction of sp³-hybridized carbons (Fsp3) is 0.318. The Hall–Kier alpha value is -3.55. The first-order valence-electron chi connectivity index (χ1n) is 9.60. The Kier molecular flexibility index (Phi) is 8.22. The van der Waals surface area contributed by atoms with Gasteiger partial charge >= 0.3 is 0 Å². The number of ether oxygens (including phenoxy) is 2. The third-order valence-electron chi connectivity index (χ3n) is 4.07. The van der Waals surface area contributed by atoms with E-state index in [1.807, 2.05) is 13.8 Å². The highest BCUT2D eigenvalue weighted by Crippen LogP contribution is 2.26. The van der Waals surface area contributed by atoms with Crippen LogP contribution in [0, 0.1) is 5.92 Å². The molecule has 0 heterocycles. The number of amides is 3. The van der Waals surface area contributed by atoms with Crippen molar-refractivity contribution in [1.29, 1.82) is 0 Å². The predicted molar refractivity (Wildman–Crippen MR) is 113 cm³/mol. The maximum Gasteiger partial charge on any atom is 0.279 e. The highest BCUT2D eigenvalue weighted by molar-refractivity contribution is 5.97. The third kappa shape index (κ3) is 6.80. The van der Waals surface area contributed by atoms with Gasteiger partial charge in [0.2, 0.25) is 5.91 Å². The van der Waals surface area contributed by atoms with Crippen LogP contribution in [0.2, 0.25) is 0 Å². The molecule has 0 spiro atoms. The topological polar surface area (TPSA) is 106 Å². The van der Waals surface area contributed by atoms with Crippen LogP contribution in [-0.4, -0.2) is 30.9 Å². The normalized spacial score (nSPS) is 11.4. The van der Waals surface area contributed by atoms with E-state index in [-0.39, 0.29) is 11.8 Å². The minimum Gasteiger partial charge on any atom is -0.493 e. The van der Waals surface area contributed by atoms with Gasteiger partial charge in [0.05, 0.1) is 7.11 Å². The summed E-state index contributed by atoms with van der Waals surface area (Å²) in [5, 5.41) is 2.77. The Bertz CT molecular complexity index is 881. The molecule has 1 atom stereocenters. The van der Waals surface area contributed by atoms with Crippen LogP contribution in [0.4, 0.5) is 5.69 Å². The monoisotopic (exact) mass is 413 g/mol. The molecule has 8 heteroatoms. The first-order valence-corrected chi connectivity index (χ1v) is 9.60. The van der Waals surface area contributed by atoms with Crippen LogP contribution in [0.15, 0.2) is 48.5 Å². The summed E-state index contributed by atoms with van der Waals surface area (Å²) < 4.78 is 10.8. The van der Waals surface area contributed by atoms with Crippen LogP contribution >= 0.6 is 0 Å². The van der Waals surface area contributed by atoms with Crippen molar-refractivity contribution in [3.8, 4) is 11.5 Å². The molecular weight excluding hydrogens is 386 g/mol. The highest BCUT2D eigenvalue weighted by atomic mass is 16.5. The molecule has 3 amide bonds. The lowest BCUT2D eigenvalue weighted by Gasteiger charge is -2.17. The summed E-state index contributed by atoms with van der Waals surface area (Å²) in [4.78, 5) is 36.2. The highest BCUT2D eigenvalue weighted by Gasteiger charge is 2.17. The van der Waals surface area contributed by atoms with Gasteiger partial charge in [-0.1, -0.05) is 26.0 Å². The molecule has 30 heavy (non-hydrogen) atoms. The molecule has 0 aliphatic carbocycles. The molecular formula is C22H27N3O5. The Morgan fingerprint density at radius 3 is 2.13 bits per heavy atom. The standard InChI is InChI=1S/C22H27N3O5/c1-14(2)13-20(26)23-17-11-9-16(10-12-17)22(28)25-24-21(27)15(3)30-19-8-6-5-7-18(19)29-4/h5-12,14-15H,13H2,1-4H3,(H,23,26)(H,24,27)(H,25,28). The number of anilines is 1. The predicted octanol–water partition coefficient (Wildman–Crippen LogP) is 2.91. The number of nitrogens with one attached hydrogen (secondary N) is 3. The van der Waals surface area contributed by atoms with Crippen molar-refractivity contribution in [3.63, 3.8) is 0 Å². The van der Waals surface area contributed by atoms with Crippen LogP contribution in [-0.2, 0) is 9.59 Å². The fourth-order valence-corrected chi connectivity index (χ4v) is 2.54. The number of rotatable bonds is 8. The average molecular weight is 413 g/mol. The van der Waals surface area contributed by atoms with Gasteiger partial charge in [0.15, 0.2) is 17.6 Å². The molecule has 0 aliphatic heterocycles. The van der Waals surface area contributed by atoms with Crippen LogP contribution in [0.25, 0.3) is 0 Å². The second-order valence-electron chi connectivity index (χ2n) is 7.08. The number of hydrazine groups is 1. The van der Waals surface area contributed by atoms with E-state index in [0.717, 1.165) is 0 Å². The second kappa shape index (κ2) is 10.8. The van der Waals surface area contributed by atoms with Gasteiger partial charge < -0.3 is 14.8 Å². The number of hydrogen-bond acceptors (Lipinski definition) is 5. The fourth-order valence-electron chi connectivity index (χ4n) is 2.54. The van der Waals surface area contributed by atoms with Crippen molar-refractivity contribution in [2.75, 3.05) is 12.4 Å². The van der Waals surface area contributed by atoms with Crippen molar-refractivity contribution in [1.82, 2.24) is 10.9 Å².